The zero-order valence-electron chi connectivity index (χ0n) is 13.6. The first kappa shape index (κ1) is 17.2. The summed E-state index contributed by atoms with van der Waals surface area (Å²) >= 11 is 0. The molecule has 1 aromatic carbocycles. The second kappa shape index (κ2) is 7.40. The van der Waals surface area contributed by atoms with Crippen molar-refractivity contribution in [2.75, 3.05) is 7.05 Å². The Labute approximate surface area is 138 Å². The van der Waals surface area contributed by atoms with Gasteiger partial charge in [0.15, 0.2) is 6.10 Å². The fourth-order valence-electron chi connectivity index (χ4n) is 1.94. The minimum atomic E-state index is -1.09. The van der Waals surface area contributed by atoms with Crippen LogP contribution in [0, 0.1) is 6.92 Å². The van der Waals surface area contributed by atoms with E-state index >= 15 is 0 Å². The average molecular weight is 330 g/mol. The smallest absolute Gasteiger partial charge is 0.338 e. The monoisotopic (exact) mass is 330 g/mol. The summed E-state index contributed by atoms with van der Waals surface area (Å²) in [5.74, 6) is -1.36. The zero-order chi connectivity index (χ0) is 17.7. The Morgan fingerprint density at radius 1 is 1.17 bits per heavy atom. The summed E-state index contributed by atoms with van der Waals surface area (Å²) in [5.41, 5.74) is 2.06. The molecule has 0 saturated heterocycles. The van der Waals surface area contributed by atoms with Crippen LogP contribution in [0.15, 0.2) is 36.5 Å². The van der Waals surface area contributed by atoms with Gasteiger partial charge in [0.1, 0.15) is 0 Å². The van der Waals surface area contributed by atoms with Crippen molar-refractivity contribution < 1.29 is 19.1 Å². The van der Waals surface area contributed by atoms with Gasteiger partial charge in [-0.2, -0.15) is 5.10 Å². The van der Waals surface area contributed by atoms with Crippen molar-refractivity contribution in [3.05, 3.63) is 47.8 Å². The topological polar surface area (TPSA) is 102 Å². The van der Waals surface area contributed by atoms with Crippen LogP contribution >= 0.6 is 0 Å². The summed E-state index contributed by atoms with van der Waals surface area (Å²) in [6.45, 7) is 3.31. The Bertz CT molecular complexity index is 752. The van der Waals surface area contributed by atoms with E-state index in [-0.39, 0.29) is 0 Å². The van der Waals surface area contributed by atoms with Crippen LogP contribution in [0.5, 0.6) is 0 Å². The first-order valence-corrected chi connectivity index (χ1v) is 7.27. The van der Waals surface area contributed by atoms with Crippen molar-refractivity contribution in [1.29, 1.82) is 0 Å². The van der Waals surface area contributed by atoms with E-state index in [1.165, 1.54) is 14.0 Å². The SMILES string of the molecule is CNC(=O)NC(=O)[C@H](C)OC(=O)c1ccc(-n2nccc2C)cc1. The van der Waals surface area contributed by atoms with E-state index in [1.807, 2.05) is 18.3 Å². The molecule has 0 saturated carbocycles. The lowest BCUT2D eigenvalue weighted by Crippen LogP contribution is -2.43. The van der Waals surface area contributed by atoms with E-state index in [0.29, 0.717) is 5.56 Å². The van der Waals surface area contributed by atoms with Gasteiger partial charge in [-0.25, -0.2) is 14.3 Å². The molecule has 0 aliphatic rings. The van der Waals surface area contributed by atoms with Gasteiger partial charge in [-0.05, 0) is 44.2 Å². The third-order valence-corrected chi connectivity index (χ3v) is 3.30. The number of nitrogens with one attached hydrogen (secondary N) is 2. The second-order valence-corrected chi connectivity index (χ2v) is 5.05. The number of ether oxygens (including phenoxy) is 1. The molecule has 0 spiro atoms. The van der Waals surface area contributed by atoms with Crippen molar-refractivity contribution in [2.24, 2.45) is 0 Å². The van der Waals surface area contributed by atoms with E-state index in [9.17, 15) is 14.4 Å². The lowest BCUT2D eigenvalue weighted by Gasteiger charge is -2.13. The number of nitrogens with zero attached hydrogens (tertiary/aromatic N) is 2. The van der Waals surface area contributed by atoms with Gasteiger partial charge < -0.3 is 10.1 Å². The number of aromatic nitrogens is 2. The van der Waals surface area contributed by atoms with E-state index in [1.54, 1.807) is 35.1 Å². The van der Waals surface area contributed by atoms with Gasteiger partial charge in [-0.15, -0.1) is 0 Å². The van der Waals surface area contributed by atoms with Gasteiger partial charge in [-0.1, -0.05) is 0 Å². The second-order valence-electron chi connectivity index (χ2n) is 5.05. The summed E-state index contributed by atoms with van der Waals surface area (Å²) in [6.07, 6.45) is 0.590. The largest absolute Gasteiger partial charge is 0.449 e. The molecule has 126 valence electrons. The minimum Gasteiger partial charge on any atom is -0.449 e. The molecule has 24 heavy (non-hydrogen) atoms. The number of imide groups is 1. The summed E-state index contributed by atoms with van der Waals surface area (Å²) in [6, 6.07) is 7.83. The minimum absolute atomic E-state index is 0.295. The molecule has 8 heteroatoms. The average Bonchev–Trinajstić information content (AvgIpc) is 3.00. The Kier molecular flexibility index (Phi) is 5.31. The van der Waals surface area contributed by atoms with E-state index < -0.39 is 24.0 Å². The van der Waals surface area contributed by atoms with Gasteiger partial charge in [0.25, 0.3) is 5.91 Å². The molecule has 8 nitrogen and oxygen atoms in total. The number of rotatable bonds is 4. The molecule has 3 amide bonds. The first-order chi connectivity index (χ1) is 11.4. The summed E-state index contributed by atoms with van der Waals surface area (Å²) in [5, 5.41) is 8.46. The summed E-state index contributed by atoms with van der Waals surface area (Å²) < 4.78 is 6.78. The van der Waals surface area contributed by atoms with Gasteiger partial charge in [-0.3, -0.25) is 10.1 Å². The van der Waals surface area contributed by atoms with E-state index in [2.05, 4.69) is 10.4 Å². The lowest BCUT2D eigenvalue weighted by atomic mass is 10.2. The molecule has 0 bridgehead atoms. The van der Waals surface area contributed by atoms with E-state index in [4.69, 9.17) is 4.74 Å². The number of amides is 3. The molecule has 0 unspecified atom stereocenters. The number of hydrogen-bond acceptors (Lipinski definition) is 5. The third kappa shape index (κ3) is 3.97. The quantitative estimate of drug-likeness (QED) is 0.820. The van der Waals surface area contributed by atoms with Crippen LogP contribution in [0.3, 0.4) is 0 Å². The van der Waals surface area contributed by atoms with Crippen molar-refractivity contribution in [1.82, 2.24) is 20.4 Å². The highest BCUT2D eigenvalue weighted by atomic mass is 16.5. The van der Waals surface area contributed by atoms with Crippen LogP contribution < -0.4 is 10.6 Å². The normalized spacial score (nSPS) is 11.5. The van der Waals surface area contributed by atoms with Gasteiger partial charge in [0.05, 0.1) is 11.3 Å². The van der Waals surface area contributed by atoms with Crippen LogP contribution in [0.4, 0.5) is 4.79 Å². The van der Waals surface area contributed by atoms with Crippen molar-refractivity contribution in [3.63, 3.8) is 0 Å². The maximum Gasteiger partial charge on any atom is 0.338 e. The molecule has 0 aliphatic carbocycles. The zero-order valence-corrected chi connectivity index (χ0v) is 13.6. The van der Waals surface area contributed by atoms with Crippen LogP contribution in [0.2, 0.25) is 0 Å². The molecule has 1 heterocycles. The number of carbonyl (C=O) groups is 3. The Morgan fingerprint density at radius 2 is 1.83 bits per heavy atom. The molecule has 0 fully saturated rings. The molecule has 1 aromatic heterocycles. The molecule has 2 rings (SSSR count). The fraction of sp³-hybridized carbons (Fsp3) is 0.250. The van der Waals surface area contributed by atoms with E-state index in [0.717, 1.165) is 11.4 Å². The van der Waals surface area contributed by atoms with Crippen LogP contribution in [0.25, 0.3) is 5.69 Å². The standard InChI is InChI=1S/C16H18N4O4/c1-10-8-9-18-20(10)13-6-4-12(5-7-13)15(22)24-11(2)14(21)19-16(23)17-3/h4-9,11H,1-3H3,(H2,17,19,21,23)/t11-/m0/s1. The molecule has 2 N–H and O–H groups in total. The predicted molar refractivity (Wildman–Crippen MR) is 85.8 cm³/mol. The van der Waals surface area contributed by atoms with Gasteiger partial charge in [0.2, 0.25) is 0 Å². The molecule has 2 aromatic rings. The highest BCUT2D eigenvalue weighted by Crippen LogP contribution is 2.12. The summed E-state index contributed by atoms with van der Waals surface area (Å²) in [4.78, 5) is 34.8. The molecule has 1 atom stereocenters. The first-order valence-electron chi connectivity index (χ1n) is 7.27. The number of hydrogen-bond donors (Lipinski definition) is 2. The molecule has 0 aliphatic heterocycles. The number of esters is 1. The van der Waals surface area contributed by atoms with Crippen LogP contribution in [0.1, 0.15) is 23.0 Å². The van der Waals surface area contributed by atoms with Gasteiger partial charge in [0, 0.05) is 18.9 Å². The van der Waals surface area contributed by atoms with Gasteiger partial charge >= 0.3 is 12.0 Å². The molecular formula is C16H18N4O4. The van der Waals surface area contributed by atoms with Crippen molar-refractivity contribution in [2.45, 2.75) is 20.0 Å². The Balaban J connectivity index is 2.01. The van der Waals surface area contributed by atoms with Crippen LogP contribution in [-0.4, -0.2) is 40.8 Å². The maximum absolute atomic E-state index is 12.1. The number of urea groups is 1. The Morgan fingerprint density at radius 3 is 2.38 bits per heavy atom. The number of aryl methyl sites for hydroxylation is 1. The predicted octanol–water partition coefficient (Wildman–Crippen LogP) is 1.18. The van der Waals surface area contributed by atoms with Crippen molar-refractivity contribution >= 4 is 17.9 Å². The molecule has 0 radical (unpaired) electrons. The highest BCUT2D eigenvalue weighted by molar-refractivity contribution is 5.98. The number of carbonyl (C=O) groups excluding carboxylic acids is 3. The Hall–Kier alpha value is -3.16. The maximum atomic E-state index is 12.1. The third-order valence-electron chi connectivity index (χ3n) is 3.30. The van der Waals surface area contributed by atoms with Crippen molar-refractivity contribution in [3.8, 4) is 5.69 Å². The lowest BCUT2D eigenvalue weighted by molar-refractivity contribution is -0.127. The summed E-state index contributed by atoms with van der Waals surface area (Å²) in [7, 11) is 1.38. The fourth-order valence-corrected chi connectivity index (χ4v) is 1.94. The number of benzene rings is 1. The van der Waals surface area contributed by atoms with Crippen LogP contribution in [-0.2, 0) is 9.53 Å². The molecular weight excluding hydrogens is 312 g/mol. The highest BCUT2D eigenvalue weighted by Gasteiger charge is 2.20.